The topological polar surface area (TPSA) is 57.3 Å². The minimum absolute atomic E-state index is 0.0791. The minimum Gasteiger partial charge on any atom is -0.355 e. The molecule has 0 aromatic carbocycles. The Morgan fingerprint density at radius 1 is 1.35 bits per heavy atom. The first-order chi connectivity index (χ1) is 9.84. The van der Waals surface area contributed by atoms with Gasteiger partial charge in [0.15, 0.2) is 5.82 Å². The average Bonchev–Trinajstić information content (AvgIpc) is 3.03. The van der Waals surface area contributed by atoms with Crippen molar-refractivity contribution in [2.24, 2.45) is 5.92 Å². The number of amides is 1. The molecule has 0 radical (unpaired) electrons. The number of rotatable bonds is 3. The average molecular weight is 274 g/mol. The quantitative estimate of drug-likeness (QED) is 0.879. The summed E-state index contributed by atoms with van der Waals surface area (Å²) in [7, 11) is 0. The van der Waals surface area contributed by atoms with Crippen LogP contribution in [0.1, 0.15) is 25.7 Å². The van der Waals surface area contributed by atoms with Gasteiger partial charge in [-0.2, -0.15) is 0 Å². The lowest BCUT2D eigenvalue weighted by atomic mass is 9.99. The van der Waals surface area contributed by atoms with Gasteiger partial charge in [0.2, 0.25) is 5.91 Å². The van der Waals surface area contributed by atoms with Gasteiger partial charge >= 0.3 is 0 Å². The molecule has 1 aromatic rings. The van der Waals surface area contributed by atoms with Crippen LogP contribution in [0.5, 0.6) is 0 Å². The van der Waals surface area contributed by atoms with Crippen LogP contribution in [0, 0.1) is 5.92 Å². The molecule has 20 heavy (non-hydrogen) atoms. The molecule has 0 bridgehead atoms. The molecule has 2 aliphatic heterocycles. The van der Waals surface area contributed by atoms with Crippen LogP contribution >= 0.6 is 0 Å². The normalized spacial score (nSPS) is 22.8. The third kappa shape index (κ3) is 2.93. The van der Waals surface area contributed by atoms with E-state index < -0.39 is 0 Å². The molecule has 0 saturated carbocycles. The summed E-state index contributed by atoms with van der Waals surface area (Å²) in [5, 5.41) is 6.36. The van der Waals surface area contributed by atoms with Crippen molar-refractivity contribution < 1.29 is 4.79 Å². The van der Waals surface area contributed by atoms with Crippen molar-refractivity contribution in [2.45, 2.75) is 25.7 Å². The van der Waals surface area contributed by atoms with Crippen LogP contribution in [0.25, 0.3) is 0 Å². The number of nitrogens with one attached hydrogen (secondary N) is 2. The van der Waals surface area contributed by atoms with Crippen LogP contribution < -0.4 is 15.5 Å². The molecule has 2 saturated heterocycles. The number of hydrogen-bond donors (Lipinski definition) is 2. The van der Waals surface area contributed by atoms with Crippen LogP contribution in [-0.4, -0.2) is 37.1 Å². The number of carbonyl (C=O) groups is 1. The molecule has 108 valence electrons. The van der Waals surface area contributed by atoms with Crippen LogP contribution in [-0.2, 0) is 4.79 Å². The molecule has 2 fully saturated rings. The van der Waals surface area contributed by atoms with Crippen LogP contribution in [0.4, 0.5) is 11.5 Å². The van der Waals surface area contributed by atoms with Gasteiger partial charge in [0.25, 0.3) is 0 Å². The Labute approximate surface area is 119 Å². The van der Waals surface area contributed by atoms with Gasteiger partial charge in [-0.1, -0.05) is 0 Å². The molecule has 3 heterocycles. The van der Waals surface area contributed by atoms with Gasteiger partial charge in [-0.3, -0.25) is 4.79 Å². The second kappa shape index (κ2) is 6.22. The van der Waals surface area contributed by atoms with Gasteiger partial charge in [-0.15, -0.1) is 0 Å². The lowest BCUT2D eigenvalue weighted by Gasteiger charge is -2.24. The smallest absolute Gasteiger partial charge is 0.228 e. The largest absolute Gasteiger partial charge is 0.355 e. The maximum atomic E-state index is 12.3. The number of pyridine rings is 1. The van der Waals surface area contributed by atoms with Crippen molar-refractivity contribution in [3.63, 3.8) is 0 Å². The zero-order valence-electron chi connectivity index (χ0n) is 11.8. The van der Waals surface area contributed by atoms with Crippen LogP contribution in [0.3, 0.4) is 0 Å². The van der Waals surface area contributed by atoms with Gasteiger partial charge < -0.3 is 15.5 Å². The van der Waals surface area contributed by atoms with E-state index in [0.717, 1.165) is 50.5 Å². The fraction of sp³-hybridized carbons (Fsp3) is 0.600. The highest BCUT2D eigenvalue weighted by atomic mass is 16.1. The monoisotopic (exact) mass is 274 g/mol. The second-order valence-electron chi connectivity index (χ2n) is 5.60. The maximum absolute atomic E-state index is 12.3. The van der Waals surface area contributed by atoms with E-state index in [4.69, 9.17) is 0 Å². The molecule has 2 N–H and O–H groups in total. The van der Waals surface area contributed by atoms with E-state index in [0.29, 0.717) is 0 Å². The van der Waals surface area contributed by atoms with Crippen molar-refractivity contribution in [1.82, 2.24) is 10.3 Å². The van der Waals surface area contributed by atoms with E-state index in [1.165, 1.54) is 12.8 Å². The third-order valence-electron chi connectivity index (χ3n) is 4.12. The van der Waals surface area contributed by atoms with Gasteiger partial charge in [0.1, 0.15) is 0 Å². The molecule has 0 unspecified atom stereocenters. The molecule has 1 atom stereocenters. The first-order valence-corrected chi connectivity index (χ1v) is 7.56. The molecule has 0 spiro atoms. The molecule has 1 amide bonds. The van der Waals surface area contributed by atoms with Crippen molar-refractivity contribution in [1.29, 1.82) is 0 Å². The SMILES string of the molecule is O=C(Nc1cccnc1N1CCCC1)[C@H]1CCCNC1. The maximum Gasteiger partial charge on any atom is 0.228 e. The zero-order valence-corrected chi connectivity index (χ0v) is 11.8. The Balaban J connectivity index is 1.71. The molecule has 5 heteroatoms. The van der Waals surface area contributed by atoms with Gasteiger partial charge in [0, 0.05) is 25.8 Å². The third-order valence-corrected chi connectivity index (χ3v) is 4.12. The summed E-state index contributed by atoms with van der Waals surface area (Å²) >= 11 is 0. The number of carbonyl (C=O) groups excluding carboxylic acids is 1. The first-order valence-electron chi connectivity index (χ1n) is 7.56. The molecule has 3 rings (SSSR count). The summed E-state index contributed by atoms with van der Waals surface area (Å²) in [4.78, 5) is 19.1. The molecular weight excluding hydrogens is 252 g/mol. The van der Waals surface area contributed by atoms with E-state index in [1.807, 2.05) is 12.1 Å². The fourth-order valence-corrected chi connectivity index (χ4v) is 2.99. The predicted octanol–water partition coefficient (Wildman–Crippen LogP) is 1.62. The first kappa shape index (κ1) is 13.4. The standard InChI is InChI=1S/C15H22N4O/c20-15(12-5-3-7-16-11-12)18-13-6-4-8-17-14(13)19-9-1-2-10-19/h4,6,8,12,16H,1-3,5,7,9-11H2,(H,18,20)/t12-/m0/s1. The summed E-state index contributed by atoms with van der Waals surface area (Å²) in [6.45, 7) is 3.87. The van der Waals surface area contributed by atoms with Gasteiger partial charge in [-0.25, -0.2) is 4.98 Å². The van der Waals surface area contributed by atoms with Crippen LogP contribution in [0.2, 0.25) is 0 Å². The Morgan fingerprint density at radius 2 is 2.20 bits per heavy atom. The van der Waals surface area contributed by atoms with E-state index in [9.17, 15) is 4.79 Å². The van der Waals surface area contributed by atoms with E-state index in [1.54, 1.807) is 6.20 Å². The molecule has 5 nitrogen and oxygen atoms in total. The summed E-state index contributed by atoms with van der Waals surface area (Å²) in [6, 6.07) is 3.84. The number of anilines is 2. The highest BCUT2D eigenvalue weighted by Gasteiger charge is 2.23. The lowest BCUT2D eigenvalue weighted by Crippen LogP contribution is -2.37. The van der Waals surface area contributed by atoms with E-state index in [2.05, 4.69) is 20.5 Å². The lowest BCUT2D eigenvalue weighted by molar-refractivity contribution is -0.120. The summed E-state index contributed by atoms with van der Waals surface area (Å²) in [5.74, 6) is 1.11. The highest BCUT2D eigenvalue weighted by Crippen LogP contribution is 2.26. The molecular formula is C15H22N4O. The van der Waals surface area contributed by atoms with Crippen molar-refractivity contribution in [3.05, 3.63) is 18.3 Å². The molecule has 2 aliphatic rings. The number of aromatic nitrogens is 1. The second-order valence-corrected chi connectivity index (χ2v) is 5.60. The minimum atomic E-state index is 0.0791. The van der Waals surface area contributed by atoms with Crippen molar-refractivity contribution >= 4 is 17.4 Å². The summed E-state index contributed by atoms with van der Waals surface area (Å²) in [6.07, 6.45) is 6.25. The Bertz CT molecular complexity index is 465. The van der Waals surface area contributed by atoms with Gasteiger partial charge in [-0.05, 0) is 44.4 Å². The summed E-state index contributed by atoms with van der Waals surface area (Å²) < 4.78 is 0. The van der Waals surface area contributed by atoms with E-state index >= 15 is 0 Å². The summed E-state index contributed by atoms with van der Waals surface area (Å²) in [5.41, 5.74) is 0.852. The number of hydrogen-bond acceptors (Lipinski definition) is 4. The van der Waals surface area contributed by atoms with Gasteiger partial charge in [0.05, 0.1) is 11.6 Å². The number of piperidine rings is 1. The Morgan fingerprint density at radius 3 is 2.95 bits per heavy atom. The van der Waals surface area contributed by atoms with Crippen molar-refractivity contribution in [3.8, 4) is 0 Å². The van der Waals surface area contributed by atoms with Crippen molar-refractivity contribution in [2.75, 3.05) is 36.4 Å². The Kier molecular flexibility index (Phi) is 4.16. The predicted molar refractivity (Wildman–Crippen MR) is 79.9 cm³/mol. The number of nitrogens with zero attached hydrogens (tertiary/aromatic N) is 2. The van der Waals surface area contributed by atoms with Crippen LogP contribution in [0.15, 0.2) is 18.3 Å². The Hall–Kier alpha value is -1.62. The fourth-order valence-electron chi connectivity index (χ4n) is 2.99. The van der Waals surface area contributed by atoms with E-state index in [-0.39, 0.29) is 11.8 Å². The molecule has 0 aliphatic carbocycles. The molecule has 1 aromatic heterocycles. The highest BCUT2D eigenvalue weighted by molar-refractivity contribution is 5.95. The zero-order chi connectivity index (χ0) is 13.8.